The van der Waals surface area contributed by atoms with Crippen molar-refractivity contribution in [3.8, 4) is 0 Å². The number of carbonyl (C=O) groups excluding carboxylic acids is 1. The van der Waals surface area contributed by atoms with Crippen molar-refractivity contribution in [3.05, 3.63) is 52.7 Å². The van der Waals surface area contributed by atoms with Crippen LogP contribution in [0.3, 0.4) is 0 Å². The highest BCUT2D eigenvalue weighted by molar-refractivity contribution is 7.12. The molecule has 0 atom stereocenters. The molecule has 98 valence electrons. The van der Waals surface area contributed by atoms with Crippen molar-refractivity contribution in [3.63, 3.8) is 0 Å². The molecule has 0 radical (unpaired) electrons. The van der Waals surface area contributed by atoms with Gasteiger partial charge in [-0.15, -0.1) is 11.3 Å². The summed E-state index contributed by atoms with van der Waals surface area (Å²) in [4.78, 5) is 17.6. The summed E-state index contributed by atoms with van der Waals surface area (Å²) in [5.41, 5.74) is 1.51. The molecule has 2 aromatic rings. The van der Waals surface area contributed by atoms with Crippen LogP contribution in [-0.4, -0.2) is 18.2 Å². The molecule has 0 spiro atoms. The normalized spacial score (nSPS) is 11.1. The highest BCUT2D eigenvalue weighted by atomic mass is 32.1. The second-order valence-electron chi connectivity index (χ2n) is 3.84. The first-order valence-electron chi connectivity index (χ1n) is 5.81. The zero-order valence-corrected chi connectivity index (χ0v) is 11.3. The zero-order valence-electron chi connectivity index (χ0n) is 10.5. The summed E-state index contributed by atoms with van der Waals surface area (Å²) in [6.45, 7) is 1.75. The van der Waals surface area contributed by atoms with Crippen LogP contribution in [0.2, 0.25) is 0 Å². The molecule has 1 aromatic heterocycles. The van der Waals surface area contributed by atoms with E-state index in [9.17, 15) is 4.79 Å². The number of rotatable bonds is 5. The van der Waals surface area contributed by atoms with E-state index >= 15 is 0 Å². The van der Waals surface area contributed by atoms with Gasteiger partial charge in [-0.3, -0.25) is 4.79 Å². The Morgan fingerprint density at radius 2 is 2.05 bits per heavy atom. The summed E-state index contributed by atoms with van der Waals surface area (Å²) >= 11 is 1.58. The molecular weight excluding hydrogens is 260 g/mol. The smallest absolute Gasteiger partial charge is 0.265 e. The Kier molecular flexibility index (Phi) is 4.69. The summed E-state index contributed by atoms with van der Waals surface area (Å²) in [7, 11) is 0. The van der Waals surface area contributed by atoms with E-state index in [2.05, 4.69) is 10.5 Å². The van der Waals surface area contributed by atoms with E-state index in [4.69, 9.17) is 4.84 Å². The molecule has 4 nitrogen and oxygen atoms in total. The third kappa shape index (κ3) is 4.22. The number of nitrogens with zero attached hydrogens (tertiary/aromatic N) is 1. The average Bonchev–Trinajstić information content (AvgIpc) is 2.93. The minimum absolute atomic E-state index is 0.0996. The molecule has 0 saturated carbocycles. The number of benzene rings is 1. The lowest BCUT2D eigenvalue weighted by Gasteiger charge is -2.04. The first-order chi connectivity index (χ1) is 9.25. The Bertz CT molecular complexity index is 550. The summed E-state index contributed by atoms with van der Waals surface area (Å²) < 4.78 is 0. The molecular formula is C14H14N2O2S. The zero-order chi connectivity index (χ0) is 13.5. The van der Waals surface area contributed by atoms with Gasteiger partial charge in [-0.25, -0.2) is 0 Å². The number of nitrogens with one attached hydrogen (secondary N) is 1. The van der Waals surface area contributed by atoms with Crippen molar-refractivity contribution < 1.29 is 9.63 Å². The average molecular weight is 274 g/mol. The predicted molar refractivity (Wildman–Crippen MR) is 77.6 cm³/mol. The fraction of sp³-hybridized carbons (Fsp3) is 0.143. The molecule has 0 unspecified atom stereocenters. The lowest BCUT2D eigenvalue weighted by Crippen LogP contribution is -2.17. The number of para-hydroxylation sites is 1. The number of carbonyl (C=O) groups is 1. The standard InChI is InChI=1S/C14H14N2O2S/c1-11(13-8-5-9-19-13)16-18-10-14(17)15-12-6-3-2-4-7-12/h2-9H,10H2,1H3,(H,15,17)/b16-11-. The van der Waals surface area contributed by atoms with Crippen LogP contribution in [0.5, 0.6) is 0 Å². The Labute approximate surface area is 115 Å². The van der Waals surface area contributed by atoms with Gasteiger partial charge in [0.25, 0.3) is 5.91 Å². The largest absolute Gasteiger partial charge is 0.385 e. The predicted octanol–water partition coefficient (Wildman–Crippen LogP) is 3.13. The van der Waals surface area contributed by atoms with Gasteiger partial charge >= 0.3 is 0 Å². The van der Waals surface area contributed by atoms with Crippen molar-refractivity contribution in [1.82, 2.24) is 0 Å². The summed E-state index contributed by atoms with van der Waals surface area (Å²) in [5, 5.41) is 8.60. The maximum Gasteiger partial charge on any atom is 0.265 e. The van der Waals surface area contributed by atoms with Crippen molar-refractivity contribution >= 4 is 28.6 Å². The van der Waals surface area contributed by atoms with Crippen LogP contribution in [0.25, 0.3) is 0 Å². The summed E-state index contributed by atoms with van der Waals surface area (Å²) in [6, 6.07) is 13.1. The Morgan fingerprint density at radius 3 is 2.74 bits per heavy atom. The van der Waals surface area contributed by atoms with Crippen LogP contribution in [-0.2, 0) is 9.63 Å². The van der Waals surface area contributed by atoms with Crippen LogP contribution in [0.4, 0.5) is 5.69 Å². The van der Waals surface area contributed by atoms with Crippen LogP contribution >= 0.6 is 11.3 Å². The van der Waals surface area contributed by atoms with Crippen molar-refractivity contribution in [2.24, 2.45) is 5.16 Å². The number of hydrogen-bond donors (Lipinski definition) is 1. The molecule has 1 amide bonds. The minimum Gasteiger partial charge on any atom is -0.385 e. The van der Waals surface area contributed by atoms with Crippen molar-refractivity contribution in [2.45, 2.75) is 6.92 Å². The highest BCUT2D eigenvalue weighted by Crippen LogP contribution is 2.10. The Morgan fingerprint density at radius 1 is 1.26 bits per heavy atom. The molecule has 1 aromatic carbocycles. The third-order valence-corrected chi connectivity index (χ3v) is 3.31. The second-order valence-corrected chi connectivity index (χ2v) is 4.79. The quantitative estimate of drug-likeness (QED) is 0.672. The van der Waals surface area contributed by atoms with Gasteiger partial charge in [0.1, 0.15) is 0 Å². The van der Waals surface area contributed by atoms with E-state index in [1.165, 1.54) is 0 Å². The molecule has 2 rings (SSSR count). The van der Waals surface area contributed by atoms with E-state index in [0.717, 1.165) is 16.3 Å². The van der Waals surface area contributed by atoms with E-state index in [0.29, 0.717) is 0 Å². The molecule has 0 aliphatic heterocycles. The summed E-state index contributed by atoms with van der Waals surface area (Å²) in [6.07, 6.45) is 0. The topological polar surface area (TPSA) is 50.7 Å². The highest BCUT2D eigenvalue weighted by Gasteiger charge is 2.03. The van der Waals surface area contributed by atoms with Gasteiger partial charge in [-0.05, 0) is 30.5 Å². The van der Waals surface area contributed by atoms with Crippen LogP contribution in [0.1, 0.15) is 11.8 Å². The van der Waals surface area contributed by atoms with E-state index in [-0.39, 0.29) is 12.5 Å². The minimum atomic E-state index is -0.228. The fourth-order valence-electron chi connectivity index (χ4n) is 1.44. The van der Waals surface area contributed by atoms with Crippen LogP contribution < -0.4 is 5.32 Å². The summed E-state index contributed by atoms with van der Waals surface area (Å²) in [5.74, 6) is -0.228. The van der Waals surface area contributed by atoms with E-state index in [1.54, 1.807) is 11.3 Å². The van der Waals surface area contributed by atoms with E-state index in [1.807, 2.05) is 54.8 Å². The van der Waals surface area contributed by atoms with Gasteiger partial charge in [0.05, 0.1) is 10.6 Å². The van der Waals surface area contributed by atoms with Gasteiger partial charge in [-0.1, -0.05) is 29.4 Å². The Hall–Kier alpha value is -2.14. The molecule has 0 saturated heterocycles. The van der Waals surface area contributed by atoms with Gasteiger partial charge in [0, 0.05) is 5.69 Å². The molecule has 1 heterocycles. The maximum absolute atomic E-state index is 11.6. The first kappa shape index (κ1) is 13.3. The van der Waals surface area contributed by atoms with Crippen molar-refractivity contribution in [1.29, 1.82) is 0 Å². The van der Waals surface area contributed by atoms with Crippen molar-refractivity contribution in [2.75, 3.05) is 11.9 Å². The van der Waals surface area contributed by atoms with Crippen LogP contribution in [0, 0.1) is 0 Å². The lowest BCUT2D eigenvalue weighted by atomic mass is 10.3. The lowest BCUT2D eigenvalue weighted by molar-refractivity contribution is -0.120. The molecule has 0 aliphatic carbocycles. The number of thiophene rings is 1. The fourth-order valence-corrected chi connectivity index (χ4v) is 2.10. The second kappa shape index (κ2) is 6.70. The molecule has 19 heavy (non-hydrogen) atoms. The molecule has 5 heteroatoms. The third-order valence-electron chi connectivity index (χ3n) is 2.33. The van der Waals surface area contributed by atoms with Gasteiger partial charge in [-0.2, -0.15) is 0 Å². The molecule has 1 N–H and O–H groups in total. The molecule has 0 fully saturated rings. The van der Waals surface area contributed by atoms with Gasteiger partial charge in [0.2, 0.25) is 0 Å². The number of anilines is 1. The molecule has 0 bridgehead atoms. The SMILES string of the molecule is C/C(=N/OCC(=O)Nc1ccccc1)c1cccs1. The Balaban J connectivity index is 1.80. The maximum atomic E-state index is 11.6. The number of amides is 1. The number of hydrogen-bond acceptors (Lipinski definition) is 4. The first-order valence-corrected chi connectivity index (χ1v) is 6.69. The van der Waals surface area contributed by atoms with Gasteiger partial charge < -0.3 is 10.2 Å². The number of oxime groups is 1. The molecule has 0 aliphatic rings. The van der Waals surface area contributed by atoms with Gasteiger partial charge in [0.15, 0.2) is 6.61 Å². The monoisotopic (exact) mass is 274 g/mol. The van der Waals surface area contributed by atoms with E-state index < -0.39 is 0 Å². The van der Waals surface area contributed by atoms with Crippen LogP contribution in [0.15, 0.2) is 53.0 Å².